The molecule has 24 heavy (non-hydrogen) atoms. The summed E-state index contributed by atoms with van der Waals surface area (Å²) in [6, 6.07) is 2.16. The highest BCUT2D eigenvalue weighted by atomic mass is 16.6. The van der Waals surface area contributed by atoms with Gasteiger partial charge in [-0.1, -0.05) is 5.16 Å². The van der Waals surface area contributed by atoms with Crippen molar-refractivity contribution in [2.24, 2.45) is 0 Å². The van der Waals surface area contributed by atoms with E-state index in [1.807, 2.05) is 0 Å². The first-order valence-electron chi connectivity index (χ1n) is 6.63. The minimum absolute atomic E-state index is 0.0221. The summed E-state index contributed by atoms with van der Waals surface area (Å²) < 4.78 is 14.3. The fourth-order valence-corrected chi connectivity index (χ4v) is 2.02. The van der Waals surface area contributed by atoms with Crippen LogP contribution in [0.2, 0.25) is 0 Å². The average molecular weight is 336 g/mol. The van der Waals surface area contributed by atoms with Crippen LogP contribution in [0.5, 0.6) is 11.5 Å². The molecule has 1 N–H and O–H groups in total. The number of rotatable bonds is 6. The first kappa shape index (κ1) is 16.9. The number of aromatic nitrogens is 1. The maximum atomic E-state index is 12.5. The molecule has 1 heterocycles. The van der Waals surface area contributed by atoms with E-state index in [-0.39, 0.29) is 18.1 Å². The zero-order valence-electron chi connectivity index (χ0n) is 12.6. The van der Waals surface area contributed by atoms with Crippen LogP contribution in [-0.4, -0.2) is 40.7 Å². The molecule has 0 amide bonds. The summed E-state index contributed by atoms with van der Waals surface area (Å²) in [5, 5.41) is 24.7. The van der Waals surface area contributed by atoms with Crippen molar-refractivity contribution in [2.45, 2.75) is 6.92 Å². The lowest BCUT2D eigenvalue weighted by Crippen LogP contribution is -2.15. The lowest BCUT2D eigenvalue weighted by Gasteiger charge is -2.11. The number of nitro groups is 1. The first-order chi connectivity index (χ1) is 11.4. The molecule has 1 aromatic carbocycles. The maximum absolute atomic E-state index is 12.5. The molecule has 0 saturated carbocycles. The van der Waals surface area contributed by atoms with Crippen LogP contribution in [0.15, 0.2) is 22.9 Å². The Morgan fingerprint density at radius 2 is 2.17 bits per heavy atom. The second kappa shape index (κ2) is 6.77. The number of methoxy groups -OCH3 is 1. The van der Waals surface area contributed by atoms with Crippen LogP contribution < -0.4 is 4.74 Å². The summed E-state index contributed by atoms with van der Waals surface area (Å²) in [5.74, 6) is -3.56. The zero-order valence-corrected chi connectivity index (χ0v) is 12.6. The minimum atomic E-state index is -1.000. The second-order valence-electron chi connectivity index (χ2n) is 4.38. The molecule has 0 aliphatic carbocycles. The van der Waals surface area contributed by atoms with Crippen molar-refractivity contribution < 1.29 is 33.6 Å². The summed E-state index contributed by atoms with van der Waals surface area (Å²) in [5.41, 5.74) is -2.09. The molecule has 0 saturated heterocycles. The second-order valence-corrected chi connectivity index (χ2v) is 4.38. The molecular formula is C14H12N2O8. The van der Waals surface area contributed by atoms with Crippen LogP contribution in [0, 0.1) is 10.1 Å². The predicted octanol–water partition coefficient (Wildman–Crippen LogP) is 1.70. The van der Waals surface area contributed by atoms with E-state index in [1.165, 1.54) is 13.0 Å². The number of esters is 1. The maximum Gasteiger partial charge on any atom is 0.339 e. The van der Waals surface area contributed by atoms with E-state index < -0.39 is 39.2 Å². The number of carbonyl (C=O) groups excluding carboxylic acids is 2. The van der Waals surface area contributed by atoms with E-state index in [0.717, 1.165) is 19.4 Å². The molecule has 0 radical (unpaired) electrons. The Bertz CT molecular complexity index is 798. The van der Waals surface area contributed by atoms with Crippen molar-refractivity contribution in [3.05, 3.63) is 45.3 Å². The van der Waals surface area contributed by atoms with Gasteiger partial charge in [-0.25, -0.2) is 4.79 Å². The van der Waals surface area contributed by atoms with Crippen molar-refractivity contribution in [1.29, 1.82) is 0 Å². The number of ether oxygens (including phenoxy) is 2. The molecule has 0 fully saturated rings. The monoisotopic (exact) mass is 336 g/mol. The van der Waals surface area contributed by atoms with Crippen molar-refractivity contribution in [2.75, 3.05) is 13.7 Å². The molecule has 0 aliphatic heterocycles. The number of nitrogens with zero attached hydrogens (tertiary/aromatic N) is 2. The summed E-state index contributed by atoms with van der Waals surface area (Å²) >= 11 is 0. The van der Waals surface area contributed by atoms with Crippen LogP contribution in [-0.2, 0) is 4.74 Å². The number of phenolic OH excluding ortho intramolecular Hbond substituents is 1. The quantitative estimate of drug-likeness (QED) is 0.361. The third-order valence-electron chi connectivity index (χ3n) is 3.03. The number of hydrogen-bond donors (Lipinski definition) is 1. The Balaban J connectivity index is 2.81. The zero-order chi connectivity index (χ0) is 17.9. The Hall–Kier alpha value is -3.43. The molecule has 2 aromatic rings. The van der Waals surface area contributed by atoms with Gasteiger partial charge >= 0.3 is 11.7 Å². The fraction of sp³-hybridized carbons (Fsp3) is 0.214. The summed E-state index contributed by atoms with van der Waals surface area (Å²) in [6.07, 6.45) is 1.16. The number of carbonyl (C=O) groups is 2. The van der Waals surface area contributed by atoms with Gasteiger partial charge in [0, 0.05) is 6.07 Å². The SMILES string of the molecule is CCOC(=O)c1cc(OC)c(O)c([N+](=O)[O-])c1C(=O)c1ccno1. The smallest absolute Gasteiger partial charge is 0.339 e. The highest BCUT2D eigenvalue weighted by Crippen LogP contribution is 2.41. The van der Waals surface area contributed by atoms with Gasteiger partial charge in [0.1, 0.15) is 5.56 Å². The van der Waals surface area contributed by atoms with Crippen LogP contribution in [0.1, 0.15) is 33.4 Å². The van der Waals surface area contributed by atoms with Crippen molar-refractivity contribution in [1.82, 2.24) is 5.16 Å². The molecule has 0 atom stereocenters. The van der Waals surface area contributed by atoms with Gasteiger partial charge < -0.3 is 19.1 Å². The normalized spacial score (nSPS) is 10.2. The van der Waals surface area contributed by atoms with E-state index in [0.29, 0.717) is 0 Å². The molecule has 1 aromatic heterocycles. The standard InChI is InChI=1S/C14H12N2O8/c1-3-23-14(19)7-6-9(22-2)13(18)11(16(20)21)10(7)12(17)8-4-5-15-24-8/h4-6,18H,3H2,1-2H3. The Kier molecular flexibility index (Phi) is 4.78. The molecule has 10 heteroatoms. The van der Waals surface area contributed by atoms with Gasteiger partial charge in [-0.2, -0.15) is 0 Å². The lowest BCUT2D eigenvalue weighted by molar-refractivity contribution is -0.386. The Labute approximate surface area is 134 Å². The number of phenols is 1. The summed E-state index contributed by atoms with van der Waals surface area (Å²) in [4.78, 5) is 35.0. The summed E-state index contributed by atoms with van der Waals surface area (Å²) in [6.45, 7) is 1.51. The van der Waals surface area contributed by atoms with Gasteiger partial charge in [-0.3, -0.25) is 14.9 Å². The molecule has 10 nitrogen and oxygen atoms in total. The lowest BCUT2D eigenvalue weighted by atomic mass is 9.98. The molecule has 0 aliphatic rings. The molecule has 0 spiro atoms. The molecule has 2 rings (SSSR count). The van der Waals surface area contributed by atoms with Gasteiger partial charge in [-0.15, -0.1) is 0 Å². The number of aromatic hydroxyl groups is 1. The third kappa shape index (κ3) is 2.89. The fourth-order valence-electron chi connectivity index (χ4n) is 2.02. The number of ketones is 1. The van der Waals surface area contributed by atoms with Crippen molar-refractivity contribution >= 4 is 17.4 Å². The summed E-state index contributed by atoms with van der Waals surface area (Å²) in [7, 11) is 1.14. The molecule has 0 bridgehead atoms. The number of nitro benzene ring substituents is 1. The van der Waals surface area contributed by atoms with Gasteiger partial charge in [0.05, 0.1) is 30.4 Å². The van der Waals surface area contributed by atoms with Gasteiger partial charge in [-0.05, 0) is 13.0 Å². The first-order valence-corrected chi connectivity index (χ1v) is 6.63. The Morgan fingerprint density at radius 3 is 2.67 bits per heavy atom. The van der Waals surface area contributed by atoms with E-state index in [2.05, 4.69) is 9.68 Å². The third-order valence-corrected chi connectivity index (χ3v) is 3.03. The highest BCUT2D eigenvalue weighted by Gasteiger charge is 2.36. The average Bonchev–Trinajstić information content (AvgIpc) is 3.07. The van der Waals surface area contributed by atoms with E-state index in [9.17, 15) is 24.8 Å². The number of benzene rings is 1. The van der Waals surface area contributed by atoms with Crippen LogP contribution in [0.3, 0.4) is 0 Å². The largest absolute Gasteiger partial charge is 0.499 e. The predicted molar refractivity (Wildman–Crippen MR) is 77.2 cm³/mol. The molecular weight excluding hydrogens is 324 g/mol. The van der Waals surface area contributed by atoms with Crippen LogP contribution in [0.4, 0.5) is 5.69 Å². The van der Waals surface area contributed by atoms with Gasteiger partial charge in [0.25, 0.3) is 0 Å². The van der Waals surface area contributed by atoms with E-state index >= 15 is 0 Å². The minimum Gasteiger partial charge on any atom is -0.499 e. The van der Waals surface area contributed by atoms with Crippen molar-refractivity contribution in [3.63, 3.8) is 0 Å². The molecule has 0 unspecified atom stereocenters. The van der Waals surface area contributed by atoms with Crippen LogP contribution in [0.25, 0.3) is 0 Å². The van der Waals surface area contributed by atoms with Gasteiger partial charge in [0.2, 0.25) is 17.3 Å². The topological polar surface area (TPSA) is 142 Å². The van der Waals surface area contributed by atoms with E-state index in [1.54, 1.807) is 0 Å². The Morgan fingerprint density at radius 1 is 1.46 bits per heavy atom. The number of hydrogen-bond acceptors (Lipinski definition) is 9. The van der Waals surface area contributed by atoms with Crippen molar-refractivity contribution in [3.8, 4) is 11.5 Å². The molecule has 126 valence electrons. The van der Waals surface area contributed by atoms with E-state index in [4.69, 9.17) is 9.47 Å². The highest BCUT2D eigenvalue weighted by molar-refractivity contribution is 6.16. The van der Waals surface area contributed by atoms with Crippen LogP contribution >= 0.6 is 0 Å². The van der Waals surface area contributed by atoms with Gasteiger partial charge in [0.15, 0.2) is 5.75 Å².